The Kier molecular flexibility index (Phi) is 5.39. The zero-order valence-corrected chi connectivity index (χ0v) is 10.8. The number of rotatable bonds is 5. The molecule has 0 bridgehead atoms. The van der Waals surface area contributed by atoms with Crippen molar-refractivity contribution in [1.82, 2.24) is 9.80 Å². The number of β-amino-alcohol motifs (C(OH)–C–C–N with tert-alkyl or cyclic N) is 1. The molecule has 0 aliphatic carbocycles. The normalized spacial score (nSPS) is 28.0. The zero-order chi connectivity index (χ0) is 13.9. The van der Waals surface area contributed by atoms with Crippen LogP contribution in [0, 0.1) is 5.92 Å². The minimum Gasteiger partial charge on any atom is -0.392 e. The summed E-state index contributed by atoms with van der Waals surface area (Å²) < 4.78 is 38.0. The van der Waals surface area contributed by atoms with Gasteiger partial charge in [0.25, 0.3) is 0 Å². The Morgan fingerprint density at radius 3 is 2.50 bits per heavy atom. The standard InChI is InChI=1S/C11H22F3N3O/c1-16(2)6-9-3-10(18)7-17(9)5-8(4-15)11(12,13)14/h8-10,18H,3-7,15H2,1-2H3. The van der Waals surface area contributed by atoms with E-state index in [-0.39, 0.29) is 12.6 Å². The summed E-state index contributed by atoms with van der Waals surface area (Å²) in [5.74, 6) is -1.52. The molecule has 7 heteroatoms. The SMILES string of the molecule is CN(C)CC1CC(O)CN1CC(CN)C(F)(F)F. The highest BCUT2D eigenvalue weighted by Gasteiger charge is 2.42. The van der Waals surface area contributed by atoms with Crippen LogP contribution in [0.4, 0.5) is 13.2 Å². The predicted molar refractivity (Wildman–Crippen MR) is 63.1 cm³/mol. The second kappa shape index (κ2) is 6.18. The summed E-state index contributed by atoms with van der Waals surface area (Å²) in [6.07, 6.45) is -4.29. The predicted octanol–water partition coefficient (Wildman–Crippen LogP) is 0.120. The lowest BCUT2D eigenvalue weighted by Gasteiger charge is -2.30. The maximum atomic E-state index is 12.7. The van der Waals surface area contributed by atoms with Gasteiger partial charge in [-0.2, -0.15) is 13.2 Å². The maximum absolute atomic E-state index is 12.7. The van der Waals surface area contributed by atoms with E-state index in [0.29, 0.717) is 19.5 Å². The molecule has 0 aromatic carbocycles. The van der Waals surface area contributed by atoms with Crippen LogP contribution in [-0.4, -0.2) is 73.5 Å². The Labute approximate surface area is 106 Å². The first-order chi connectivity index (χ1) is 8.24. The molecule has 4 nitrogen and oxygen atoms in total. The third-order valence-electron chi connectivity index (χ3n) is 3.28. The number of hydrogen-bond donors (Lipinski definition) is 2. The smallest absolute Gasteiger partial charge is 0.392 e. The number of nitrogens with two attached hydrogens (primary N) is 1. The van der Waals surface area contributed by atoms with E-state index in [1.807, 2.05) is 19.0 Å². The van der Waals surface area contributed by atoms with Crippen LogP contribution in [0.15, 0.2) is 0 Å². The number of halogens is 3. The quantitative estimate of drug-likeness (QED) is 0.744. The van der Waals surface area contributed by atoms with Crippen molar-refractivity contribution in [3.8, 4) is 0 Å². The number of alkyl halides is 3. The lowest BCUT2D eigenvalue weighted by atomic mass is 10.1. The topological polar surface area (TPSA) is 52.7 Å². The Bertz CT molecular complexity index is 260. The van der Waals surface area contributed by atoms with E-state index in [2.05, 4.69) is 0 Å². The van der Waals surface area contributed by atoms with Crippen molar-refractivity contribution < 1.29 is 18.3 Å². The van der Waals surface area contributed by atoms with Crippen LogP contribution in [0.3, 0.4) is 0 Å². The molecule has 0 radical (unpaired) electrons. The van der Waals surface area contributed by atoms with E-state index in [1.54, 1.807) is 4.90 Å². The summed E-state index contributed by atoms with van der Waals surface area (Å²) in [7, 11) is 3.74. The number of hydrogen-bond acceptors (Lipinski definition) is 4. The van der Waals surface area contributed by atoms with Crippen LogP contribution in [0.5, 0.6) is 0 Å². The highest BCUT2D eigenvalue weighted by atomic mass is 19.4. The van der Waals surface area contributed by atoms with Gasteiger partial charge in [-0.05, 0) is 20.5 Å². The largest absolute Gasteiger partial charge is 0.394 e. The van der Waals surface area contributed by atoms with Crippen LogP contribution in [0.1, 0.15) is 6.42 Å². The summed E-state index contributed by atoms with van der Waals surface area (Å²) in [5.41, 5.74) is 5.20. The molecule has 18 heavy (non-hydrogen) atoms. The van der Waals surface area contributed by atoms with Gasteiger partial charge in [0, 0.05) is 32.2 Å². The molecule has 1 rings (SSSR count). The number of aliphatic hydroxyl groups is 1. The van der Waals surface area contributed by atoms with Gasteiger partial charge in [0.15, 0.2) is 0 Å². The van der Waals surface area contributed by atoms with Crippen molar-refractivity contribution in [3.05, 3.63) is 0 Å². The molecular formula is C11H22F3N3O. The average Bonchev–Trinajstić information content (AvgIpc) is 2.52. The zero-order valence-electron chi connectivity index (χ0n) is 10.8. The van der Waals surface area contributed by atoms with E-state index >= 15 is 0 Å². The summed E-state index contributed by atoms with van der Waals surface area (Å²) >= 11 is 0. The monoisotopic (exact) mass is 269 g/mol. The first kappa shape index (κ1) is 15.7. The van der Waals surface area contributed by atoms with Gasteiger partial charge in [0.05, 0.1) is 12.0 Å². The van der Waals surface area contributed by atoms with Crippen molar-refractivity contribution in [2.24, 2.45) is 11.7 Å². The summed E-state index contributed by atoms with van der Waals surface area (Å²) in [5, 5.41) is 9.60. The van der Waals surface area contributed by atoms with E-state index in [1.165, 1.54) is 0 Å². The van der Waals surface area contributed by atoms with Gasteiger partial charge < -0.3 is 15.7 Å². The van der Waals surface area contributed by atoms with Gasteiger partial charge >= 0.3 is 6.18 Å². The van der Waals surface area contributed by atoms with Crippen LogP contribution in [0.25, 0.3) is 0 Å². The molecule has 3 N–H and O–H groups in total. The molecule has 1 heterocycles. The van der Waals surface area contributed by atoms with E-state index in [9.17, 15) is 18.3 Å². The molecule has 0 spiro atoms. The highest BCUT2D eigenvalue weighted by molar-refractivity contribution is 4.88. The molecule has 3 unspecified atom stereocenters. The maximum Gasteiger partial charge on any atom is 0.394 e. The van der Waals surface area contributed by atoms with Gasteiger partial charge in [-0.1, -0.05) is 0 Å². The Hall–Kier alpha value is -0.370. The van der Waals surface area contributed by atoms with Crippen molar-refractivity contribution in [2.45, 2.75) is 24.7 Å². The average molecular weight is 269 g/mol. The second-order valence-corrected chi connectivity index (χ2v) is 5.23. The fourth-order valence-corrected chi connectivity index (χ4v) is 2.39. The van der Waals surface area contributed by atoms with Crippen LogP contribution in [-0.2, 0) is 0 Å². The number of likely N-dealkylation sites (tertiary alicyclic amines) is 1. The van der Waals surface area contributed by atoms with E-state index in [4.69, 9.17) is 5.73 Å². The van der Waals surface area contributed by atoms with Crippen LogP contribution < -0.4 is 5.73 Å². The minimum absolute atomic E-state index is 0.0357. The number of nitrogens with zero attached hydrogens (tertiary/aromatic N) is 2. The molecule has 0 aromatic heterocycles. The van der Waals surface area contributed by atoms with Gasteiger partial charge in [-0.25, -0.2) is 0 Å². The van der Waals surface area contributed by atoms with Crippen molar-refractivity contribution in [1.29, 1.82) is 0 Å². The minimum atomic E-state index is -4.27. The third-order valence-corrected chi connectivity index (χ3v) is 3.28. The van der Waals surface area contributed by atoms with Gasteiger partial charge in [0.2, 0.25) is 0 Å². The summed E-state index contributed by atoms with van der Waals surface area (Å²) in [4.78, 5) is 3.62. The molecule has 0 aromatic rings. The third kappa shape index (κ3) is 4.38. The van der Waals surface area contributed by atoms with Gasteiger partial charge in [-0.15, -0.1) is 0 Å². The lowest BCUT2D eigenvalue weighted by molar-refractivity contribution is -0.177. The van der Waals surface area contributed by atoms with Crippen molar-refractivity contribution >= 4 is 0 Å². The summed E-state index contributed by atoms with van der Waals surface area (Å²) in [6.45, 7) is 0.400. The Balaban J connectivity index is 2.62. The van der Waals surface area contributed by atoms with Crippen molar-refractivity contribution in [3.63, 3.8) is 0 Å². The molecule has 1 aliphatic rings. The molecule has 3 atom stereocenters. The number of likely N-dealkylation sites (N-methyl/N-ethyl adjacent to an activating group) is 1. The molecule has 108 valence electrons. The fraction of sp³-hybridized carbons (Fsp3) is 1.00. The first-order valence-electron chi connectivity index (χ1n) is 6.07. The van der Waals surface area contributed by atoms with Crippen molar-refractivity contribution in [2.75, 3.05) is 40.3 Å². The van der Waals surface area contributed by atoms with Gasteiger partial charge in [0.1, 0.15) is 0 Å². The van der Waals surface area contributed by atoms with E-state index < -0.39 is 24.7 Å². The Morgan fingerprint density at radius 2 is 2.06 bits per heavy atom. The molecular weight excluding hydrogens is 247 g/mol. The Morgan fingerprint density at radius 1 is 1.44 bits per heavy atom. The van der Waals surface area contributed by atoms with Crippen LogP contribution >= 0.6 is 0 Å². The molecule has 1 fully saturated rings. The fourth-order valence-electron chi connectivity index (χ4n) is 2.39. The molecule has 1 saturated heterocycles. The number of aliphatic hydroxyl groups excluding tert-OH is 1. The molecule has 0 amide bonds. The summed E-state index contributed by atoms with van der Waals surface area (Å²) in [6, 6.07) is -0.0357. The molecule has 1 aliphatic heterocycles. The highest BCUT2D eigenvalue weighted by Crippen LogP contribution is 2.29. The molecule has 0 saturated carbocycles. The first-order valence-corrected chi connectivity index (χ1v) is 6.07. The lowest BCUT2D eigenvalue weighted by Crippen LogP contribution is -2.45. The van der Waals surface area contributed by atoms with E-state index in [0.717, 1.165) is 0 Å². The van der Waals surface area contributed by atoms with Crippen LogP contribution in [0.2, 0.25) is 0 Å². The second-order valence-electron chi connectivity index (χ2n) is 5.23. The van der Waals surface area contributed by atoms with Gasteiger partial charge in [-0.3, -0.25) is 4.90 Å².